The van der Waals surface area contributed by atoms with Gasteiger partial charge in [0.25, 0.3) is 0 Å². The molecular formula is C27H32N2O5. The number of carbonyl (C=O) groups is 3. The summed E-state index contributed by atoms with van der Waals surface area (Å²) in [5.74, 6) is -1.24. The molecule has 2 aromatic carbocycles. The standard InChI is InChI=1S/C27H32N2O5/c1-2-8-23(26(31)32)28-25(30)15-24(17-9-7-10-17)29-27(33)34-16-22-20-13-5-3-11-18(20)19-12-4-6-14-21(19)22/h3-6,11-14,17,22-24H,2,7-10,15-16H2,1H3,(H,28,30)(H,29,33)(H,31,32)/t23-,24?/m0/s1. The summed E-state index contributed by atoms with van der Waals surface area (Å²) in [4.78, 5) is 36.6. The molecule has 0 heterocycles. The fraction of sp³-hybridized carbons (Fsp3) is 0.444. The maximum Gasteiger partial charge on any atom is 0.407 e. The highest BCUT2D eigenvalue weighted by Crippen LogP contribution is 2.44. The number of aliphatic carboxylic acids is 1. The Morgan fingerprint density at radius 3 is 2.15 bits per heavy atom. The van der Waals surface area contributed by atoms with Gasteiger partial charge in [0.05, 0.1) is 0 Å². The fourth-order valence-electron chi connectivity index (χ4n) is 4.97. The molecule has 2 atom stereocenters. The number of hydrogen-bond donors (Lipinski definition) is 3. The first-order chi connectivity index (χ1) is 16.5. The smallest absolute Gasteiger partial charge is 0.407 e. The number of amides is 2. The molecule has 2 aliphatic rings. The normalized spacial score (nSPS) is 16.5. The summed E-state index contributed by atoms with van der Waals surface area (Å²) in [6.45, 7) is 2.08. The molecule has 0 bridgehead atoms. The second-order valence-corrected chi connectivity index (χ2v) is 9.22. The van der Waals surface area contributed by atoms with Gasteiger partial charge in [-0.3, -0.25) is 4.79 Å². The van der Waals surface area contributed by atoms with E-state index in [0.717, 1.165) is 41.5 Å². The second kappa shape index (κ2) is 10.7. The van der Waals surface area contributed by atoms with Gasteiger partial charge < -0.3 is 20.5 Å². The van der Waals surface area contributed by atoms with E-state index in [1.807, 2.05) is 31.2 Å². The zero-order valence-electron chi connectivity index (χ0n) is 19.5. The third-order valence-electron chi connectivity index (χ3n) is 6.98. The van der Waals surface area contributed by atoms with Crippen LogP contribution in [0.3, 0.4) is 0 Å². The maximum atomic E-state index is 12.7. The van der Waals surface area contributed by atoms with E-state index < -0.39 is 18.1 Å². The largest absolute Gasteiger partial charge is 0.480 e. The first-order valence-electron chi connectivity index (χ1n) is 12.1. The van der Waals surface area contributed by atoms with E-state index in [-0.39, 0.29) is 36.8 Å². The van der Waals surface area contributed by atoms with Crippen molar-refractivity contribution < 1.29 is 24.2 Å². The molecule has 0 aromatic heterocycles. The van der Waals surface area contributed by atoms with Gasteiger partial charge in [-0.05, 0) is 47.4 Å². The van der Waals surface area contributed by atoms with Crippen LogP contribution in [0.15, 0.2) is 48.5 Å². The van der Waals surface area contributed by atoms with Gasteiger partial charge in [0.1, 0.15) is 12.6 Å². The van der Waals surface area contributed by atoms with E-state index in [4.69, 9.17) is 4.74 Å². The maximum absolute atomic E-state index is 12.7. The summed E-state index contributed by atoms with van der Waals surface area (Å²) < 4.78 is 5.65. The van der Waals surface area contributed by atoms with Crippen LogP contribution < -0.4 is 10.6 Å². The van der Waals surface area contributed by atoms with Crippen LogP contribution in [-0.2, 0) is 14.3 Å². The molecule has 7 heteroatoms. The van der Waals surface area contributed by atoms with Crippen molar-refractivity contribution in [2.24, 2.45) is 5.92 Å². The van der Waals surface area contributed by atoms with Crippen LogP contribution in [0.25, 0.3) is 11.1 Å². The summed E-state index contributed by atoms with van der Waals surface area (Å²) in [7, 11) is 0. The molecule has 0 saturated heterocycles. The van der Waals surface area contributed by atoms with E-state index in [0.29, 0.717) is 12.8 Å². The fourth-order valence-corrected chi connectivity index (χ4v) is 4.97. The SMILES string of the molecule is CCC[C@H](NC(=O)CC(NC(=O)OCC1c2ccccc2-c2ccccc21)C1CCC1)C(=O)O. The van der Waals surface area contributed by atoms with E-state index in [1.54, 1.807) is 0 Å². The molecule has 3 N–H and O–H groups in total. The molecule has 4 rings (SSSR count). The van der Waals surface area contributed by atoms with Crippen molar-refractivity contribution in [2.45, 2.75) is 63.5 Å². The van der Waals surface area contributed by atoms with Crippen LogP contribution in [0.4, 0.5) is 4.79 Å². The first-order valence-corrected chi connectivity index (χ1v) is 12.1. The number of fused-ring (bicyclic) bond motifs is 3. The summed E-state index contributed by atoms with van der Waals surface area (Å²) in [5.41, 5.74) is 4.61. The molecule has 34 heavy (non-hydrogen) atoms. The third-order valence-corrected chi connectivity index (χ3v) is 6.98. The van der Waals surface area contributed by atoms with Gasteiger partial charge in [0, 0.05) is 18.4 Å². The average Bonchev–Trinajstić information content (AvgIpc) is 3.10. The molecule has 1 unspecified atom stereocenters. The quantitative estimate of drug-likeness (QED) is 0.482. The van der Waals surface area contributed by atoms with Gasteiger partial charge in [-0.1, -0.05) is 68.3 Å². The summed E-state index contributed by atoms with van der Waals surface area (Å²) in [6.07, 6.45) is 3.44. The second-order valence-electron chi connectivity index (χ2n) is 9.22. The summed E-state index contributed by atoms with van der Waals surface area (Å²) >= 11 is 0. The minimum atomic E-state index is -1.04. The molecule has 0 spiro atoms. The van der Waals surface area contributed by atoms with Crippen molar-refractivity contribution in [2.75, 3.05) is 6.61 Å². The lowest BCUT2D eigenvalue weighted by molar-refractivity contribution is -0.142. The number of nitrogens with one attached hydrogen (secondary N) is 2. The Morgan fingerprint density at radius 1 is 1.00 bits per heavy atom. The van der Waals surface area contributed by atoms with Crippen LogP contribution >= 0.6 is 0 Å². The van der Waals surface area contributed by atoms with Gasteiger partial charge in [-0.2, -0.15) is 0 Å². The van der Waals surface area contributed by atoms with Gasteiger partial charge in [0.15, 0.2) is 0 Å². The van der Waals surface area contributed by atoms with Crippen molar-refractivity contribution in [3.63, 3.8) is 0 Å². The lowest BCUT2D eigenvalue weighted by atomic mass is 9.78. The van der Waals surface area contributed by atoms with Crippen molar-refractivity contribution in [1.82, 2.24) is 10.6 Å². The van der Waals surface area contributed by atoms with Gasteiger partial charge in [-0.25, -0.2) is 9.59 Å². The molecule has 0 radical (unpaired) electrons. The van der Waals surface area contributed by atoms with Crippen LogP contribution in [0, 0.1) is 5.92 Å². The number of benzene rings is 2. The highest BCUT2D eigenvalue weighted by atomic mass is 16.5. The predicted molar refractivity (Wildman–Crippen MR) is 128 cm³/mol. The Morgan fingerprint density at radius 2 is 1.62 bits per heavy atom. The summed E-state index contributed by atoms with van der Waals surface area (Å²) in [6, 6.07) is 15.0. The molecular weight excluding hydrogens is 432 g/mol. The first kappa shape index (κ1) is 23.8. The van der Waals surface area contributed by atoms with Crippen molar-refractivity contribution >= 4 is 18.0 Å². The van der Waals surface area contributed by atoms with E-state index in [2.05, 4.69) is 34.9 Å². The summed E-state index contributed by atoms with van der Waals surface area (Å²) in [5, 5.41) is 14.8. The van der Waals surface area contributed by atoms with Crippen molar-refractivity contribution in [3.05, 3.63) is 59.7 Å². The van der Waals surface area contributed by atoms with Gasteiger partial charge in [-0.15, -0.1) is 0 Å². The average molecular weight is 465 g/mol. The highest BCUT2D eigenvalue weighted by Gasteiger charge is 2.33. The molecule has 2 aromatic rings. The molecule has 7 nitrogen and oxygen atoms in total. The zero-order valence-corrected chi connectivity index (χ0v) is 19.5. The Bertz CT molecular complexity index is 1000. The predicted octanol–water partition coefficient (Wildman–Crippen LogP) is 4.45. The zero-order chi connectivity index (χ0) is 24.1. The van der Waals surface area contributed by atoms with E-state index in [1.165, 1.54) is 0 Å². The number of carboxylic acid groups (broad SMARTS) is 1. The Balaban J connectivity index is 1.37. The van der Waals surface area contributed by atoms with Crippen LogP contribution in [0.5, 0.6) is 0 Å². The number of rotatable bonds is 10. The molecule has 2 amide bonds. The van der Waals surface area contributed by atoms with Gasteiger partial charge in [0.2, 0.25) is 5.91 Å². The van der Waals surface area contributed by atoms with Crippen LogP contribution in [0.1, 0.15) is 62.5 Å². The van der Waals surface area contributed by atoms with E-state index >= 15 is 0 Å². The molecule has 180 valence electrons. The lowest BCUT2D eigenvalue weighted by Crippen LogP contribution is -2.48. The van der Waals surface area contributed by atoms with Crippen molar-refractivity contribution in [1.29, 1.82) is 0 Å². The van der Waals surface area contributed by atoms with Crippen molar-refractivity contribution in [3.8, 4) is 11.1 Å². The minimum Gasteiger partial charge on any atom is -0.480 e. The highest BCUT2D eigenvalue weighted by molar-refractivity contribution is 5.84. The third kappa shape index (κ3) is 5.24. The molecule has 2 aliphatic carbocycles. The number of hydrogen-bond acceptors (Lipinski definition) is 4. The number of carboxylic acids is 1. The Kier molecular flexibility index (Phi) is 7.50. The Hall–Kier alpha value is -3.35. The Labute approximate surface area is 199 Å². The van der Waals surface area contributed by atoms with Gasteiger partial charge >= 0.3 is 12.1 Å². The lowest BCUT2D eigenvalue weighted by Gasteiger charge is -2.34. The topological polar surface area (TPSA) is 105 Å². The minimum absolute atomic E-state index is 0.0334. The number of ether oxygens (including phenoxy) is 1. The number of carbonyl (C=O) groups excluding carboxylic acids is 2. The monoisotopic (exact) mass is 464 g/mol. The van der Waals surface area contributed by atoms with E-state index in [9.17, 15) is 19.5 Å². The molecule has 1 saturated carbocycles. The van der Waals surface area contributed by atoms with Crippen LogP contribution in [0.2, 0.25) is 0 Å². The van der Waals surface area contributed by atoms with Crippen LogP contribution in [-0.4, -0.2) is 41.8 Å². The molecule has 0 aliphatic heterocycles. The number of alkyl carbamates (subject to hydrolysis) is 1. The molecule has 1 fully saturated rings.